The van der Waals surface area contributed by atoms with Crippen LogP contribution in [0, 0.1) is 0 Å². The third-order valence-corrected chi connectivity index (χ3v) is 9.62. The number of carbonyl (C=O) groups excluding carboxylic acids is 1. The Hall–Kier alpha value is -3.66. The van der Waals surface area contributed by atoms with Gasteiger partial charge in [0.1, 0.15) is 22.7 Å². The molecular formula is C35H41Cl2N5O4. The Bertz CT molecular complexity index is 1630. The number of nitrogens with zero attached hydrogens (tertiary/aromatic N) is 5. The first-order chi connectivity index (χ1) is 21.7. The Morgan fingerprint density at radius 3 is 2.02 bits per heavy atom. The van der Waals surface area contributed by atoms with Gasteiger partial charge in [0.2, 0.25) is 0 Å². The molecule has 2 aliphatic rings. The number of carboxylic acid groups (broad SMARTS) is 1. The molecule has 244 valence electrons. The second kappa shape index (κ2) is 12.9. The smallest absolute Gasteiger partial charge is 0.326 e. The summed E-state index contributed by atoms with van der Waals surface area (Å²) < 4.78 is 6.22. The van der Waals surface area contributed by atoms with Gasteiger partial charge in [-0.15, -0.1) is 0 Å². The van der Waals surface area contributed by atoms with E-state index in [2.05, 4.69) is 20.8 Å². The lowest BCUT2D eigenvalue weighted by Crippen LogP contribution is -2.61. The number of pyridine rings is 1. The molecule has 11 heteroatoms. The van der Waals surface area contributed by atoms with E-state index in [1.165, 1.54) is 0 Å². The summed E-state index contributed by atoms with van der Waals surface area (Å²) in [6.07, 6.45) is 1.76. The number of ether oxygens (including phenoxy) is 1. The highest BCUT2D eigenvalue weighted by Gasteiger charge is 2.60. The number of halogens is 2. The van der Waals surface area contributed by atoms with E-state index in [-0.39, 0.29) is 18.0 Å². The first-order valence-electron chi connectivity index (χ1n) is 15.5. The van der Waals surface area contributed by atoms with Crippen LogP contribution in [0.5, 0.6) is 5.75 Å². The fourth-order valence-electron chi connectivity index (χ4n) is 6.29. The Morgan fingerprint density at radius 2 is 1.50 bits per heavy atom. The lowest BCUT2D eigenvalue weighted by Gasteiger charge is -2.47. The minimum absolute atomic E-state index is 0.0703. The number of carboxylic acids is 1. The Balaban J connectivity index is 1.73. The van der Waals surface area contributed by atoms with Crippen LogP contribution in [-0.2, 0) is 21.3 Å². The number of rotatable bonds is 7. The summed E-state index contributed by atoms with van der Waals surface area (Å²) in [5.74, 6) is 0.130. The van der Waals surface area contributed by atoms with Crippen LogP contribution >= 0.6 is 23.2 Å². The molecule has 1 fully saturated rings. The van der Waals surface area contributed by atoms with Crippen molar-refractivity contribution in [3.63, 3.8) is 0 Å². The molecule has 2 aromatic carbocycles. The molecule has 0 unspecified atom stereocenters. The SMILES string of the molecule is CCOc1cc(C(C)(C)C)ncc1C1=N[C@@](C)(c2ccc(Cl)cc2)[C@@](C)(c2ccc(Cl)cc2)N1C(=O)N1CCN(CC(=O)O)CC1. The van der Waals surface area contributed by atoms with Crippen molar-refractivity contribution in [1.29, 1.82) is 0 Å². The van der Waals surface area contributed by atoms with Gasteiger partial charge in [0.15, 0.2) is 0 Å². The van der Waals surface area contributed by atoms with E-state index in [9.17, 15) is 14.7 Å². The van der Waals surface area contributed by atoms with E-state index >= 15 is 0 Å². The fraction of sp³-hybridized carbons (Fsp3) is 0.429. The number of aliphatic carboxylic acids is 1. The number of hydrogen-bond donors (Lipinski definition) is 1. The van der Waals surface area contributed by atoms with E-state index in [1.54, 1.807) is 16.0 Å². The number of benzene rings is 2. The van der Waals surface area contributed by atoms with Crippen molar-refractivity contribution in [2.45, 2.75) is 58.0 Å². The lowest BCUT2D eigenvalue weighted by atomic mass is 9.71. The molecule has 9 nitrogen and oxygen atoms in total. The van der Waals surface area contributed by atoms with Gasteiger partial charge in [0.25, 0.3) is 0 Å². The molecule has 1 N–H and O–H groups in total. The van der Waals surface area contributed by atoms with Gasteiger partial charge in [-0.05, 0) is 56.2 Å². The zero-order valence-corrected chi connectivity index (χ0v) is 28.7. The average molecular weight is 667 g/mol. The number of amides is 2. The van der Waals surface area contributed by atoms with Gasteiger partial charge in [-0.2, -0.15) is 0 Å². The summed E-state index contributed by atoms with van der Waals surface area (Å²) >= 11 is 12.7. The van der Waals surface area contributed by atoms with E-state index < -0.39 is 17.0 Å². The van der Waals surface area contributed by atoms with Gasteiger partial charge >= 0.3 is 12.0 Å². The number of hydrogen-bond acceptors (Lipinski definition) is 6. The predicted octanol–water partition coefficient (Wildman–Crippen LogP) is 6.80. The van der Waals surface area contributed by atoms with E-state index in [0.717, 1.165) is 16.8 Å². The minimum atomic E-state index is -1.05. The molecule has 0 aliphatic carbocycles. The third-order valence-electron chi connectivity index (χ3n) is 9.12. The summed E-state index contributed by atoms with van der Waals surface area (Å²) in [5.41, 5.74) is 0.879. The van der Waals surface area contributed by atoms with Crippen molar-refractivity contribution in [2.24, 2.45) is 4.99 Å². The zero-order chi connectivity index (χ0) is 33.4. The largest absolute Gasteiger partial charge is 0.493 e. The van der Waals surface area contributed by atoms with E-state index in [4.69, 9.17) is 37.9 Å². The van der Waals surface area contributed by atoms with Crippen molar-refractivity contribution in [2.75, 3.05) is 39.3 Å². The molecule has 1 saturated heterocycles. The van der Waals surface area contributed by atoms with Crippen LogP contribution in [0.3, 0.4) is 0 Å². The summed E-state index contributed by atoms with van der Waals surface area (Å²) in [7, 11) is 0. The average Bonchev–Trinajstić information content (AvgIpc) is 3.25. The van der Waals surface area contributed by atoms with Crippen molar-refractivity contribution in [3.05, 3.63) is 93.2 Å². The quantitative estimate of drug-likeness (QED) is 0.298. The Kier molecular flexibility index (Phi) is 9.42. The molecule has 2 atom stereocenters. The molecule has 3 heterocycles. The van der Waals surface area contributed by atoms with Crippen molar-refractivity contribution in [3.8, 4) is 5.75 Å². The third kappa shape index (κ3) is 6.20. The molecule has 46 heavy (non-hydrogen) atoms. The van der Waals surface area contributed by atoms with E-state index in [1.807, 2.05) is 80.3 Å². The first kappa shape index (κ1) is 33.7. The minimum Gasteiger partial charge on any atom is -0.493 e. The van der Waals surface area contributed by atoms with Crippen LogP contribution in [0.2, 0.25) is 10.0 Å². The maximum atomic E-state index is 15.0. The second-order valence-corrected chi connectivity index (χ2v) is 14.0. The molecule has 2 amide bonds. The zero-order valence-electron chi connectivity index (χ0n) is 27.2. The Labute approximate surface area is 280 Å². The summed E-state index contributed by atoms with van der Waals surface area (Å²) in [4.78, 5) is 42.0. The summed E-state index contributed by atoms with van der Waals surface area (Å²) in [6, 6.07) is 16.8. The molecule has 5 rings (SSSR count). The van der Waals surface area contributed by atoms with Crippen LogP contribution < -0.4 is 4.74 Å². The highest BCUT2D eigenvalue weighted by Crippen LogP contribution is 2.54. The Morgan fingerprint density at radius 1 is 0.935 bits per heavy atom. The van der Waals surface area contributed by atoms with E-state index in [0.29, 0.717) is 60.0 Å². The maximum absolute atomic E-state index is 15.0. The number of carbonyl (C=O) groups is 2. The number of aliphatic imine (C=N–C) groups is 1. The highest BCUT2D eigenvalue weighted by atomic mass is 35.5. The van der Waals surface area contributed by atoms with Crippen molar-refractivity contribution < 1.29 is 19.4 Å². The lowest BCUT2D eigenvalue weighted by molar-refractivity contribution is -0.138. The van der Waals surface area contributed by atoms with Crippen LogP contribution in [0.25, 0.3) is 0 Å². The molecular weight excluding hydrogens is 625 g/mol. The molecule has 0 bridgehead atoms. The molecule has 3 aromatic rings. The topological polar surface area (TPSA) is 98.6 Å². The molecule has 2 aliphatic heterocycles. The second-order valence-electron chi connectivity index (χ2n) is 13.1. The molecule has 1 aromatic heterocycles. The van der Waals surface area contributed by atoms with Gasteiger partial charge in [0.05, 0.1) is 18.7 Å². The summed E-state index contributed by atoms with van der Waals surface area (Å²) in [6.45, 7) is 14.2. The number of piperazine rings is 1. The van der Waals surface area contributed by atoms with Gasteiger partial charge < -0.3 is 14.7 Å². The number of aromatic nitrogens is 1. The van der Waals surface area contributed by atoms with Gasteiger partial charge in [-0.1, -0.05) is 68.2 Å². The monoisotopic (exact) mass is 665 g/mol. The number of amidine groups is 1. The maximum Gasteiger partial charge on any atom is 0.326 e. The fourth-order valence-corrected chi connectivity index (χ4v) is 6.54. The summed E-state index contributed by atoms with van der Waals surface area (Å²) in [5, 5.41) is 10.5. The first-order valence-corrected chi connectivity index (χ1v) is 16.2. The normalized spacial score (nSPS) is 22.1. The van der Waals surface area contributed by atoms with Gasteiger partial charge in [-0.25, -0.2) is 4.79 Å². The predicted molar refractivity (Wildman–Crippen MR) is 181 cm³/mol. The molecule has 0 saturated carbocycles. The van der Waals surface area contributed by atoms with Gasteiger partial charge in [-0.3, -0.25) is 24.6 Å². The van der Waals surface area contributed by atoms with Crippen LogP contribution in [-0.4, -0.2) is 82.0 Å². The van der Waals surface area contributed by atoms with Crippen LogP contribution in [0.15, 0.2) is 65.8 Å². The van der Waals surface area contributed by atoms with Crippen molar-refractivity contribution in [1.82, 2.24) is 19.7 Å². The molecule has 0 spiro atoms. The standard InChI is InChI=1S/C35H41Cl2N5O4/c1-7-46-28-20-29(33(2,3)4)38-21-27(28)31-39-34(5,23-8-12-25(36)13-9-23)35(6,24-10-14-26(37)15-11-24)42(31)32(45)41-18-16-40(17-19-41)22-30(43)44/h8-15,20-21H,7,16-19,22H2,1-6H3,(H,43,44)/t34-,35+/m0/s1. The van der Waals surface area contributed by atoms with Crippen molar-refractivity contribution >= 4 is 41.0 Å². The number of urea groups is 1. The highest BCUT2D eigenvalue weighted by molar-refractivity contribution is 6.30. The van der Waals surface area contributed by atoms with Gasteiger partial charge in [0, 0.05) is 59.6 Å². The molecule has 0 radical (unpaired) electrons. The van der Waals surface area contributed by atoms with Crippen LogP contribution in [0.1, 0.15) is 63.9 Å². The van der Waals surface area contributed by atoms with Crippen LogP contribution in [0.4, 0.5) is 4.79 Å².